The fourth-order valence-corrected chi connectivity index (χ4v) is 1.54. The predicted octanol–water partition coefficient (Wildman–Crippen LogP) is 3.17. The molecule has 2 rings (SSSR count). The van der Waals surface area contributed by atoms with Gasteiger partial charge in [0.25, 0.3) is 0 Å². The first kappa shape index (κ1) is 12.3. The molecule has 0 amide bonds. The van der Waals surface area contributed by atoms with Gasteiger partial charge in [-0.15, -0.1) is 0 Å². The summed E-state index contributed by atoms with van der Waals surface area (Å²) in [7, 11) is 0. The van der Waals surface area contributed by atoms with E-state index in [1.54, 1.807) is 24.4 Å². The molecule has 0 aliphatic heterocycles. The minimum Gasteiger partial charge on any atom is -0.422 e. The maximum absolute atomic E-state index is 11.8. The van der Waals surface area contributed by atoms with Gasteiger partial charge in [0.15, 0.2) is 0 Å². The Hall–Kier alpha value is -2.16. The van der Waals surface area contributed by atoms with E-state index in [9.17, 15) is 4.79 Å². The Morgan fingerprint density at radius 1 is 1.17 bits per heavy atom. The van der Waals surface area contributed by atoms with Crippen molar-refractivity contribution in [1.29, 1.82) is 0 Å². The zero-order chi connectivity index (χ0) is 13.0. The summed E-state index contributed by atoms with van der Waals surface area (Å²) in [5.41, 5.74) is 2.54. The van der Waals surface area contributed by atoms with Crippen LogP contribution in [0.2, 0.25) is 0 Å². The zero-order valence-electron chi connectivity index (χ0n) is 10.5. The first-order valence-electron chi connectivity index (χ1n) is 5.93. The first-order valence-corrected chi connectivity index (χ1v) is 5.93. The SMILES string of the molecule is CCc1ccc(OC(=O)c2ccc(C)cn2)cc1. The molecule has 3 nitrogen and oxygen atoms in total. The van der Waals surface area contributed by atoms with Gasteiger partial charge in [-0.3, -0.25) is 0 Å². The molecule has 0 aliphatic rings. The second-order valence-electron chi connectivity index (χ2n) is 4.11. The number of benzene rings is 1. The molecule has 92 valence electrons. The van der Waals surface area contributed by atoms with Crippen molar-refractivity contribution in [3.05, 3.63) is 59.4 Å². The van der Waals surface area contributed by atoms with Crippen LogP contribution in [0.5, 0.6) is 5.75 Å². The van der Waals surface area contributed by atoms with Crippen molar-refractivity contribution in [2.45, 2.75) is 20.3 Å². The molecule has 2 aromatic rings. The van der Waals surface area contributed by atoms with Crippen molar-refractivity contribution < 1.29 is 9.53 Å². The van der Waals surface area contributed by atoms with Crippen LogP contribution in [0.3, 0.4) is 0 Å². The van der Waals surface area contributed by atoms with E-state index in [-0.39, 0.29) is 0 Å². The third kappa shape index (κ3) is 2.94. The Morgan fingerprint density at radius 3 is 2.44 bits per heavy atom. The van der Waals surface area contributed by atoms with Crippen LogP contribution < -0.4 is 4.74 Å². The number of pyridine rings is 1. The molecule has 1 aromatic heterocycles. The third-order valence-electron chi connectivity index (χ3n) is 2.66. The summed E-state index contributed by atoms with van der Waals surface area (Å²) in [6.45, 7) is 4.00. The minimum atomic E-state index is -0.431. The highest BCUT2D eigenvalue weighted by Crippen LogP contribution is 2.14. The summed E-state index contributed by atoms with van der Waals surface area (Å²) in [5, 5.41) is 0. The molecule has 0 bridgehead atoms. The molecule has 3 heteroatoms. The van der Waals surface area contributed by atoms with Crippen LogP contribution in [0, 0.1) is 6.92 Å². The molecule has 0 N–H and O–H groups in total. The lowest BCUT2D eigenvalue weighted by Crippen LogP contribution is -2.10. The van der Waals surface area contributed by atoms with Gasteiger partial charge in [-0.05, 0) is 42.7 Å². The Balaban J connectivity index is 2.08. The van der Waals surface area contributed by atoms with E-state index in [0.717, 1.165) is 12.0 Å². The van der Waals surface area contributed by atoms with Crippen LogP contribution in [0.25, 0.3) is 0 Å². The number of carbonyl (C=O) groups is 1. The number of ether oxygens (including phenoxy) is 1. The molecular formula is C15H15NO2. The molecular weight excluding hydrogens is 226 g/mol. The molecule has 1 aromatic carbocycles. The number of aromatic nitrogens is 1. The largest absolute Gasteiger partial charge is 0.422 e. The van der Waals surface area contributed by atoms with Crippen molar-refractivity contribution in [3.8, 4) is 5.75 Å². The van der Waals surface area contributed by atoms with Gasteiger partial charge >= 0.3 is 5.97 Å². The Morgan fingerprint density at radius 2 is 1.89 bits per heavy atom. The van der Waals surface area contributed by atoms with Crippen molar-refractivity contribution in [2.24, 2.45) is 0 Å². The number of hydrogen-bond donors (Lipinski definition) is 0. The quantitative estimate of drug-likeness (QED) is 0.612. The Labute approximate surface area is 106 Å². The second kappa shape index (κ2) is 5.45. The minimum absolute atomic E-state index is 0.320. The second-order valence-corrected chi connectivity index (χ2v) is 4.11. The van der Waals surface area contributed by atoms with E-state index >= 15 is 0 Å². The van der Waals surface area contributed by atoms with Crippen molar-refractivity contribution >= 4 is 5.97 Å². The van der Waals surface area contributed by atoms with Gasteiger partial charge < -0.3 is 4.74 Å². The van der Waals surface area contributed by atoms with E-state index in [0.29, 0.717) is 11.4 Å². The van der Waals surface area contributed by atoms with Crippen LogP contribution in [0.1, 0.15) is 28.5 Å². The Kier molecular flexibility index (Phi) is 3.72. The number of hydrogen-bond acceptors (Lipinski definition) is 3. The van der Waals surface area contributed by atoms with Crippen LogP contribution in [0.4, 0.5) is 0 Å². The average molecular weight is 241 g/mol. The predicted molar refractivity (Wildman–Crippen MR) is 69.8 cm³/mol. The highest BCUT2D eigenvalue weighted by molar-refractivity contribution is 5.88. The molecule has 0 aliphatic carbocycles. The summed E-state index contributed by atoms with van der Waals surface area (Å²) >= 11 is 0. The summed E-state index contributed by atoms with van der Waals surface area (Å²) in [5.74, 6) is 0.110. The molecule has 0 spiro atoms. The van der Waals surface area contributed by atoms with Crippen molar-refractivity contribution in [1.82, 2.24) is 4.98 Å². The molecule has 0 fully saturated rings. The summed E-state index contributed by atoms with van der Waals surface area (Å²) < 4.78 is 5.24. The number of nitrogens with zero attached hydrogens (tertiary/aromatic N) is 1. The van der Waals surface area contributed by atoms with E-state index in [4.69, 9.17) is 4.74 Å². The molecule has 0 atom stereocenters. The monoisotopic (exact) mass is 241 g/mol. The number of carbonyl (C=O) groups excluding carboxylic acids is 1. The smallest absolute Gasteiger partial charge is 0.362 e. The molecule has 0 unspecified atom stereocenters. The standard InChI is InChI=1S/C15H15NO2/c1-3-12-5-7-13(8-6-12)18-15(17)14-9-4-11(2)10-16-14/h4-10H,3H2,1-2H3. The maximum Gasteiger partial charge on any atom is 0.362 e. The molecule has 0 saturated heterocycles. The summed E-state index contributed by atoms with van der Waals surface area (Å²) in [4.78, 5) is 15.8. The lowest BCUT2D eigenvalue weighted by atomic mass is 10.2. The van der Waals surface area contributed by atoms with Gasteiger partial charge in [0.1, 0.15) is 11.4 Å². The first-order chi connectivity index (χ1) is 8.69. The molecule has 1 heterocycles. The fraction of sp³-hybridized carbons (Fsp3) is 0.200. The highest BCUT2D eigenvalue weighted by atomic mass is 16.5. The van der Waals surface area contributed by atoms with E-state index < -0.39 is 5.97 Å². The Bertz CT molecular complexity index is 529. The topological polar surface area (TPSA) is 39.2 Å². The molecule has 0 radical (unpaired) electrons. The van der Waals surface area contributed by atoms with Crippen molar-refractivity contribution in [3.63, 3.8) is 0 Å². The van der Waals surface area contributed by atoms with Crippen LogP contribution in [0.15, 0.2) is 42.6 Å². The third-order valence-corrected chi connectivity index (χ3v) is 2.66. The lowest BCUT2D eigenvalue weighted by Gasteiger charge is -2.04. The van der Waals surface area contributed by atoms with Gasteiger partial charge in [-0.25, -0.2) is 9.78 Å². The molecule has 18 heavy (non-hydrogen) atoms. The van der Waals surface area contributed by atoms with Crippen LogP contribution in [-0.2, 0) is 6.42 Å². The van der Waals surface area contributed by atoms with Gasteiger partial charge in [-0.2, -0.15) is 0 Å². The lowest BCUT2D eigenvalue weighted by molar-refractivity contribution is 0.0728. The highest BCUT2D eigenvalue weighted by Gasteiger charge is 2.09. The summed E-state index contributed by atoms with van der Waals surface area (Å²) in [6, 6.07) is 11.0. The van der Waals surface area contributed by atoms with E-state index in [1.807, 2.05) is 25.1 Å². The number of aryl methyl sites for hydroxylation is 2. The normalized spacial score (nSPS) is 10.1. The van der Waals surface area contributed by atoms with Gasteiger partial charge in [0.05, 0.1) is 0 Å². The van der Waals surface area contributed by atoms with Crippen LogP contribution in [-0.4, -0.2) is 11.0 Å². The summed E-state index contributed by atoms with van der Waals surface area (Å²) in [6.07, 6.45) is 2.62. The van der Waals surface area contributed by atoms with Crippen molar-refractivity contribution in [2.75, 3.05) is 0 Å². The van der Waals surface area contributed by atoms with Gasteiger partial charge in [0, 0.05) is 6.20 Å². The zero-order valence-corrected chi connectivity index (χ0v) is 10.5. The van der Waals surface area contributed by atoms with Gasteiger partial charge in [-0.1, -0.05) is 25.1 Å². The van der Waals surface area contributed by atoms with Crippen LogP contribution >= 0.6 is 0 Å². The van der Waals surface area contributed by atoms with Gasteiger partial charge in [0.2, 0.25) is 0 Å². The number of rotatable bonds is 3. The molecule has 0 saturated carbocycles. The average Bonchev–Trinajstić information content (AvgIpc) is 2.40. The fourth-order valence-electron chi connectivity index (χ4n) is 1.54. The van der Waals surface area contributed by atoms with E-state index in [1.165, 1.54) is 5.56 Å². The maximum atomic E-state index is 11.8. The van der Waals surface area contributed by atoms with E-state index in [2.05, 4.69) is 11.9 Å². The number of esters is 1.